The van der Waals surface area contributed by atoms with E-state index in [4.69, 9.17) is 0 Å². The molecule has 21 heavy (non-hydrogen) atoms. The molecule has 0 saturated heterocycles. The zero-order chi connectivity index (χ0) is 16.0. The van der Waals surface area contributed by atoms with Gasteiger partial charge in [-0.3, -0.25) is 10.1 Å². The monoisotopic (exact) mass is 314 g/mol. The Bertz CT molecular complexity index is 507. The molecule has 0 amide bonds. The summed E-state index contributed by atoms with van der Waals surface area (Å²) in [4.78, 5) is 9.50. The predicted octanol–water partition coefficient (Wildman–Crippen LogP) is 2.54. The van der Waals surface area contributed by atoms with Crippen LogP contribution in [0, 0.1) is 21.7 Å². The second-order valence-electron chi connectivity index (χ2n) is 4.00. The standard InChI is InChI=1S/C11H11F5N2O3/c12-8-4-9(13)10(18(19)20)3-7(8)5-17-1-2-21-6-11(14,15)16/h3-4,17H,1-2,5-6H2. The van der Waals surface area contributed by atoms with E-state index in [-0.39, 0.29) is 25.3 Å². The molecule has 0 aliphatic carbocycles. The van der Waals surface area contributed by atoms with Crippen molar-refractivity contribution >= 4 is 5.69 Å². The molecule has 0 heterocycles. The Labute approximate surface area is 115 Å². The summed E-state index contributed by atoms with van der Waals surface area (Å²) in [7, 11) is 0. The number of ether oxygens (including phenoxy) is 1. The van der Waals surface area contributed by atoms with Crippen LogP contribution in [-0.4, -0.2) is 30.9 Å². The van der Waals surface area contributed by atoms with Crippen molar-refractivity contribution in [2.75, 3.05) is 19.8 Å². The molecule has 0 saturated carbocycles. The quantitative estimate of drug-likeness (QED) is 0.363. The van der Waals surface area contributed by atoms with Gasteiger partial charge in [0.2, 0.25) is 5.82 Å². The number of nitro groups is 1. The summed E-state index contributed by atoms with van der Waals surface area (Å²) in [6, 6.07) is 1.11. The van der Waals surface area contributed by atoms with Crippen LogP contribution in [0.2, 0.25) is 0 Å². The summed E-state index contributed by atoms with van der Waals surface area (Å²) in [5.41, 5.74) is -1.04. The van der Waals surface area contributed by atoms with Gasteiger partial charge >= 0.3 is 11.9 Å². The average molecular weight is 314 g/mol. The second kappa shape index (κ2) is 7.27. The Morgan fingerprint density at radius 1 is 1.24 bits per heavy atom. The normalized spacial score (nSPS) is 11.7. The molecule has 118 valence electrons. The molecule has 0 radical (unpaired) electrons. The summed E-state index contributed by atoms with van der Waals surface area (Å²) in [5.74, 6) is -2.28. The lowest BCUT2D eigenvalue weighted by Gasteiger charge is -2.09. The largest absolute Gasteiger partial charge is 0.411 e. The highest BCUT2D eigenvalue weighted by Gasteiger charge is 2.27. The van der Waals surface area contributed by atoms with Crippen molar-refractivity contribution in [2.45, 2.75) is 12.7 Å². The zero-order valence-electron chi connectivity index (χ0n) is 10.5. The molecule has 0 aliphatic heterocycles. The molecule has 1 N–H and O–H groups in total. The smallest absolute Gasteiger partial charge is 0.371 e. The number of hydrogen-bond acceptors (Lipinski definition) is 4. The first-order chi connectivity index (χ1) is 9.70. The number of benzene rings is 1. The van der Waals surface area contributed by atoms with Gasteiger partial charge in [-0.05, 0) is 0 Å². The third-order valence-corrected chi connectivity index (χ3v) is 2.32. The van der Waals surface area contributed by atoms with Crippen molar-refractivity contribution in [3.8, 4) is 0 Å². The highest BCUT2D eigenvalue weighted by molar-refractivity contribution is 5.37. The molecule has 10 heteroatoms. The zero-order valence-corrected chi connectivity index (χ0v) is 10.5. The number of halogens is 5. The number of nitro benzene ring substituents is 1. The second-order valence-corrected chi connectivity index (χ2v) is 4.00. The fraction of sp³-hybridized carbons (Fsp3) is 0.455. The van der Waals surface area contributed by atoms with E-state index in [0.29, 0.717) is 6.07 Å². The molecule has 0 bridgehead atoms. The Hall–Kier alpha value is -1.81. The van der Waals surface area contributed by atoms with Crippen LogP contribution < -0.4 is 5.32 Å². The van der Waals surface area contributed by atoms with Crippen LogP contribution in [0.3, 0.4) is 0 Å². The van der Waals surface area contributed by atoms with Gasteiger partial charge < -0.3 is 10.1 Å². The highest BCUT2D eigenvalue weighted by atomic mass is 19.4. The Morgan fingerprint density at radius 2 is 1.90 bits per heavy atom. The maximum absolute atomic E-state index is 13.3. The molecular formula is C11H11F5N2O3. The van der Waals surface area contributed by atoms with E-state index in [0.717, 1.165) is 6.07 Å². The number of alkyl halides is 3. The van der Waals surface area contributed by atoms with Gasteiger partial charge in [-0.15, -0.1) is 0 Å². The van der Waals surface area contributed by atoms with Crippen molar-refractivity contribution in [1.29, 1.82) is 0 Å². The molecule has 5 nitrogen and oxygen atoms in total. The molecule has 0 fully saturated rings. The van der Waals surface area contributed by atoms with Gasteiger partial charge in [0.05, 0.1) is 11.5 Å². The molecule has 0 aliphatic rings. The lowest BCUT2D eigenvalue weighted by Crippen LogP contribution is -2.24. The highest BCUT2D eigenvalue weighted by Crippen LogP contribution is 2.21. The van der Waals surface area contributed by atoms with E-state index in [1.165, 1.54) is 0 Å². The summed E-state index contributed by atoms with van der Waals surface area (Å²) in [6.07, 6.45) is -4.43. The van der Waals surface area contributed by atoms with E-state index >= 15 is 0 Å². The van der Waals surface area contributed by atoms with E-state index in [1.54, 1.807) is 0 Å². The van der Waals surface area contributed by atoms with E-state index < -0.39 is 35.0 Å². The first-order valence-electron chi connectivity index (χ1n) is 5.68. The van der Waals surface area contributed by atoms with Crippen molar-refractivity contribution < 1.29 is 31.6 Å². The minimum Gasteiger partial charge on any atom is -0.371 e. The lowest BCUT2D eigenvalue weighted by atomic mass is 10.2. The summed E-state index contributed by atoms with van der Waals surface area (Å²) < 4.78 is 65.9. The Kier molecular flexibility index (Phi) is 5.97. The van der Waals surface area contributed by atoms with Gasteiger partial charge in [-0.25, -0.2) is 4.39 Å². The van der Waals surface area contributed by atoms with Gasteiger partial charge in [0, 0.05) is 30.8 Å². The first-order valence-corrected chi connectivity index (χ1v) is 5.68. The van der Waals surface area contributed by atoms with Gasteiger partial charge in [0.15, 0.2) is 0 Å². The van der Waals surface area contributed by atoms with Crippen LogP contribution in [-0.2, 0) is 11.3 Å². The van der Waals surface area contributed by atoms with Gasteiger partial charge in [0.1, 0.15) is 12.4 Å². The number of hydrogen-bond donors (Lipinski definition) is 1. The van der Waals surface area contributed by atoms with Crippen molar-refractivity contribution in [3.05, 3.63) is 39.4 Å². The minimum absolute atomic E-state index is 0.0271. The lowest BCUT2D eigenvalue weighted by molar-refractivity contribution is -0.387. The molecule has 1 aromatic rings. The summed E-state index contributed by atoms with van der Waals surface area (Å²) >= 11 is 0. The van der Waals surface area contributed by atoms with E-state index in [1.807, 2.05) is 0 Å². The van der Waals surface area contributed by atoms with Gasteiger partial charge in [0.25, 0.3) is 0 Å². The van der Waals surface area contributed by atoms with Crippen LogP contribution in [0.1, 0.15) is 5.56 Å². The third-order valence-electron chi connectivity index (χ3n) is 2.32. The van der Waals surface area contributed by atoms with Crippen LogP contribution in [0.15, 0.2) is 12.1 Å². The van der Waals surface area contributed by atoms with Crippen molar-refractivity contribution in [3.63, 3.8) is 0 Å². The van der Waals surface area contributed by atoms with Crippen molar-refractivity contribution in [1.82, 2.24) is 5.32 Å². The fourth-order valence-corrected chi connectivity index (χ4v) is 1.41. The molecule has 0 atom stereocenters. The fourth-order valence-electron chi connectivity index (χ4n) is 1.41. The Balaban J connectivity index is 2.45. The number of nitrogens with one attached hydrogen (secondary N) is 1. The number of rotatable bonds is 7. The molecule has 0 unspecified atom stereocenters. The minimum atomic E-state index is -4.43. The maximum Gasteiger partial charge on any atom is 0.411 e. The first kappa shape index (κ1) is 17.2. The van der Waals surface area contributed by atoms with Gasteiger partial charge in [-0.1, -0.05) is 0 Å². The SMILES string of the molecule is O=[N+]([O-])c1cc(CNCCOCC(F)(F)F)c(F)cc1F. The molecule has 0 aromatic heterocycles. The number of nitrogens with zero attached hydrogens (tertiary/aromatic N) is 1. The molecule has 1 rings (SSSR count). The van der Waals surface area contributed by atoms with Gasteiger partial charge in [-0.2, -0.15) is 17.6 Å². The van der Waals surface area contributed by atoms with E-state index in [9.17, 15) is 32.1 Å². The van der Waals surface area contributed by atoms with Crippen LogP contribution in [0.4, 0.5) is 27.6 Å². The molecule has 1 aromatic carbocycles. The average Bonchev–Trinajstić information content (AvgIpc) is 2.33. The van der Waals surface area contributed by atoms with Crippen LogP contribution in [0.5, 0.6) is 0 Å². The maximum atomic E-state index is 13.3. The Morgan fingerprint density at radius 3 is 2.48 bits per heavy atom. The topological polar surface area (TPSA) is 64.4 Å². The summed E-state index contributed by atoms with van der Waals surface area (Å²) in [5, 5.41) is 13.0. The third kappa shape index (κ3) is 6.00. The predicted molar refractivity (Wildman–Crippen MR) is 61.6 cm³/mol. The van der Waals surface area contributed by atoms with Crippen LogP contribution >= 0.6 is 0 Å². The van der Waals surface area contributed by atoms with Crippen molar-refractivity contribution in [2.24, 2.45) is 0 Å². The van der Waals surface area contributed by atoms with E-state index in [2.05, 4.69) is 10.1 Å². The summed E-state index contributed by atoms with van der Waals surface area (Å²) in [6.45, 7) is -1.90. The molecular weight excluding hydrogens is 303 g/mol. The molecule has 0 spiro atoms. The van der Waals surface area contributed by atoms with Crippen LogP contribution in [0.25, 0.3) is 0 Å².